The lowest BCUT2D eigenvalue weighted by molar-refractivity contribution is -0.141. The van der Waals surface area contributed by atoms with E-state index in [1.807, 2.05) is 19.1 Å². The smallest absolute Gasteiger partial charge is 0.306 e. The van der Waals surface area contributed by atoms with Gasteiger partial charge in [0.1, 0.15) is 5.75 Å². The van der Waals surface area contributed by atoms with Gasteiger partial charge in [0, 0.05) is 30.9 Å². The highest BCUT2D eigenvalue weighted by Crippen LogP contribution is 2.14. The Morgan fingerprint density at radius 3 is 2.68 bits per heavy atom. The summed E-state index contributed by atoms with van der Waals surface area (Å²) in [6.07, 6.45) is 0.396. The fourth-order valence-electron chi connectivity index (χ4n) is 1.83. The van der Waals surface area contributed by atoms with E-state index in [4.69, 9.17) is 4.74 Å². The Kier molecular flexibility index (Phi) is 6.29. The molecule has 5 nitrogen and oxygen atoms in total. The number of carbonyl (C=O) groups is 1. The van der Waals surface area contributed by atoms with Crippen LogP contribution in [0.5, 0.6) is 5.75 Å². The molecule has 0 saturated heterocycles. The summed E-state index contributed by atoms with van der Waals surface area (Å²) in [5.41, 5.74) is 1.88. The highest BCUT2D eigenvalue weighted by Gasteiger charge is 2.09. The van der Waals surface area contributed by atoms with Gasteiger partial charge >= 0.3 is 5.97 Å². The van der Waals surface area contributed by atoms with Gasteiger partial charge in [0.2, 0.25) is 0 Å². The molecule has 0 aliphatic rings. The minimum atomic E-state index is -0.187. The lowest BCUT2D eigenvalue weighted by Gasteiger charge is -2.19. The molecular weight excluding hydrogens is 244 g/mol. The predicted octanol–water partition coefficient (Wildman–Crippen LogP) is 1.78. The van der Waals surface area contributed by atoms with Crippen LogP contribution in [0.1, 0.15) is 24.7 Å². The third kappa shape index (κ3) is 5.26. The molecule has 0 aliphatic carbocycles. The Labute approximate surface area is 114 Å². The molecule has 0 amide bonds. The van der Waals surface area contributed by atoms with Gasteiger partial charge in [0.15, 0.2) is 0 Å². The predicted molar refractivity (Wildman–Crippen MR) is 73.1 cm³/mol. The monoisotopic (exact) mass is 266 g/mol. The second-order valence-electron chi connectivity index (χ2n) is 4.33. The number of rotatable bonds is 7. The van der Waals surface area contributed by atoms with Gasteiger partial charge in [-0.2, -0.15) is 0 Å². The Morgan fingerprint density at radius 2 is 2.11 bits per heavy atom. The van der Waals surface area contributed by atoms with Crippen molar-refractivity contribution in [2.45, 2.75) is 26.8 Å². The second-order valence-corrected chi connectivity index (χ2v) is 4.33. The molecule has 0 bridgehead atoms. The van der Waals surface area contributed by atoms with Crippen LogP contribution < -0.4 is 4.74 Å². The van der Waals surface area contributed by atoms with Gasteiger partial charge < -0.3 is 9.47 Å². The largest absolute Gasteiger partial charge is 0.497 e. The van der Waals surface area contributed by atoms with Crippen LogP contribution in [0.2, 0.25) is 0 Å². The van der Waals surface area contributed by atoms with Crippen LogP contribution in [-0.2, 0) is 16.1 Å². The van der Waals surface area contributed by atoms with Crippen LogP contribution in [0.25, 0.3) is 0 Å². The molecule has 0 N–H and O–H groups in total. The zero-order valence-electron chi connectivity index (χ0n) is 12.1. The number of nitrogens with zero attached hydrogens (tertiary/aromatic N) is 2. The molecule has 0 atom stereocenters. The number of ether oxygens (including phenoxy) is 2. The third-order valence-corrected chi connectivity index (χ3v) is 2.91. The molecule has 0 aromatic carbocycles. The molecular formula is C14H22N2O3. The SMILES string of the molecule is CCN(CCC(=O)OC)Cc1cc(OC)cc(C)n1. The molecule has 106 valence electrons. The number of hydrogen-bond acceptors (Lipinski definition) is 5. The molecule has 1 heterocycles. The van der Waals surface area contributed by atoms with Crippen LogP contribution in [0, 0.1) is 6.92 Å². The van der Waals surface area contributed by atoms with Gasteiger partial charge in [0.25, 0.3) is 0 Å². The maximum absolute atomic E-state index is 11.2. The molecule has 0 radical (unpaired) electrons. The maximum Gasteiger partial charge on any atom is 0.306 e. The van der Waals surface area contributed by atoms with Crippen molar-refractivity contribution in [2.24, 2.45) is 0 Å². The van der Waals surface area contributed by atoms with Crippen molar-refractivity contribution in [3.63, 3.8) is 0 Å². The van der Waals surface area contributed by atoms with Crippen molar-refractivity contribution in [1.82, 2.24) is 9.88 Å². The fraction of sp³-hybridized carbons (Fsp3) is 0.571. The number of esters is 1. The average molecular weight is 266 g/mol. The van der Waals surface area contributed by atoms with Crippen molar-refractivity contribution in [3.05, 3.63) is 23.5 Å². The summed E-state index contributed by atoms with van der Waals surface area (Å²) in [5, 5.41) is 0. The van der Waals surface area contributed by atoms with Crippen molar-refractivity contribution in [3.8, 4) is 5.75 Å². The molecule has 1 aromatic heterocycles. The summed E-state index contributed by atoms with van der Waals surface area (Å²) in [5.74, 6) is 0.625. The molecule has 0 saturated carbocycles. The van der Waals surface area contributed by atoms with E-state index in [0.29, 0.717) is 19.5 Å². The number of methoxy groups -OCH3 is 2. The second kappa shape index (κ2) is 7.74. The van der Waals surface area contributed by atoms with Crippen LogP contribution in [-0.4, -0.2) is 43.2 Å². The molecule has 1 aromatic rings. The summed E-state index contributed by atoms with van der Waals surface area (Å²) in [6, 6.07) is 3.82. The first-order valence-corrected chi connectivity index (χ1v) is 6.39. The minimum absolute atomic E-state index is 0.187. The first kappa shape index (κ1) is 15.4. The average Bonchev–Trinajstić information content (AvgIpc) is 2.42. The van der Waals surface area contributed by atoms with Crippen LogP contribution >= 0.6 is 0 Å². The third-order valence-electron chi connectivity index (χ3n) is 2.91. The normalized spacial score (nSPS) is 10.6. The zero-order chi connectivity index (χ0) is 14.3. The van der Waals surface area contributed by atoms with Crippen LogP contribution in [0.4, 0.5) is 0 Å². The van der Waals surface area contributed by atoms with Gasteiger partial charge in [-0.3, -0.25) is 14.7 Å². The van der Waals surface area contributed by atoms with Crippen molar-refractivity contribution in [1.29, 1.82) is 0 Å². The fourth-order valence-corrected chi connectivity index (χ4v) is 1.83. The number of aryl methyl sites for hydroxylation is 1. The highest BCUT2D eigenvalue weighted by atomic mass is 16.5. The number of pyridine rings is 1. The van der Waals surface area contributed by atoms with E-state index < -0.39 is 0 Å². The van der Waals surface area contributed by atoms with Crippen molar-refractivity contribution in [2.75, 3.05) is 27.3 Å². The maximum atomic E-state index is 11.2. The van der Waals surface area contributed by atoms with Gasteiger partial charge in [0.05, 0.1) is 26.3 Å². The quantitative estimate of drug-likeness (QED) is 0.704. The highest BCUT2D eigenvalue weighted by molar-refractivity contribution is 5.69. The molecule has 0 spiro atoms. The van der Waals surface area contributed by atoms with E-state index in [-0.39, 0.29) is 5.97 Å². The zero-order valence-corrected chi connectivity index (χ0v) is 12.1. The van der Waals surface area contributed by atoms with E-state index in [0.717, 1.165) is 23.7 Å². The number of aromatic nitrogens is 1. The van der Waals surface area contributed by atoms with E-state index in [9.17, 15) is 4.79 Å². The lowest BCUT2D eigenvalue weighted by Crippen LogP contribution is -2.26. The van der Waals surface area contributed by atoms with Crippen LogP contribution in [0.3, 0.4) is 0 Å². The molecule has 1 rings (SSSR count). The molecule has 0 aliphatic heterocycles. The summed E-state index contributed by atoms with van der Waals surface area (Å²) < 4.78 is 9.88. The van der Waals surface area contributed by atoms with E-state index in [1.54, 1.807) is 7.11 Å². The summed E-state index contributed by atoms with van der Waals surface area (Å²) in [4.78, 5) is 17.8. The van der Waals surface area contributed by atoms with Crippen molar-refractivity contribution >= 4 is 5.97 Å². The first-order valence-electron chi connectivity index (χ1n) is 6.39. The Bertz CT molecular complexity index is 421. The van der Waals surface area contributed by atoms with E-state index >= 15 is 0 Å². The molecule has 5 heteroatoms. The van der Waals surface area contributed by atoms with Gasteiger partial charge in [-0.05, 0) is 13.5 Å². The van der Waals surface area contributed by atoms with Crippen molar-refractivity contribution < 1.29 is 14.3 Å². The van der Waals surface area contributed by atoms with E-state index in [2.05, 4.69) is 21.5 Å². The molecule has 0 fully saturated rings. The summed E-state index contributed by atoms with van der Waals surface area (Å²) in [6.45, 7) is 6.22. The minimum Gasteiger partial charge on any atom is -0.497 e. The summed E-state index contributed by atoms with van der Waals surface area (Å²) >= 11 is 0. The molecule has 0 unspecified atom stereocenters. The topological polar surface area (TPSA) is 51.7 Å². The number of carbonyl (C=O) groups excluding carboxylic acids is 1. The van der Waals surface area contributed by atoms with Gasteiger partial charge in [-0.25, -0.2) is 0 Å². The van der Waals surface area contributed by atoms with Gasteiger partial charge in [-0.15, -0.1) is 0 Å². The number of hydrogen-bond donors (Lipinski definition) is 0. The van der Waals surface area contributed by atoms with Gasteiger partial charge in [-0.1, -0.05) is 6.92 Å². The lowest BCUT2D eigenvalue weighted by atomic mass is 10.2. The summed E-state index contributed by atoms with van der Waals surface area (Å²) in [7, 11) is 3.05. The van der Waals surface area contributed by atoms with E-state index in [1.165, 1.54) is 7.11 Å². The van der Waals surface area contributed by atoms with Crippen LogP contribution in [0.15, 0.2) is 12.1 Å². The standard InChI is InChI=1S/C14H22N2O3/c1-5-16(7-6-14(17)19-4)10-12-9-13(18-3)8-11(2)15-12/h8-9H,5-7,10H2,1-4H3. The first-order chi connectivity index (χ1) is 9.08. The molecule has 19 heavy (non-hydrogen) atoms. The Balaban J connectivity index is 2.64. The Morgan fingerprint density at radius 1 is 1.37 bits per heavy atom. The Hall–Kier alpha value is -1.62.